The van der Waals surface area contributed by atoms with Crippen LogP contribution < -0.4 is 10.6 Å². The van der Waals surface area contributed by atoms with Gasteiger partial charge in [0.05, 0.1) is 0 Å². The second-order valence-electron chi connectivity index (χ2n) is 4.81. The number of carbonyl (C=O) groups is 1. The van der Waals surface area contributed by atoms with Crippen molar-refractivity contribution in [3.05, 3.63) is 0 Å². The average Bonchev–Trinajstić information content (AvgIpc) is 2.55. The molecule has 2 N–H and O–H groups in total. The predicted octanol–water partition coefficient (Wildman–Crippen LogP) is -0.194. The van der Waals surface area contributed by atoms with Crippen LogP contribution in [0.4, 0.5) is 0 Å². The highest BCUT2D eigenvalue weighted by Crippen LogP contribution is 2.14. The number of nitrogens with one attached hydrogen (secondary N) is 2. The SMILES string of the molecule is CN1CCCC1CNC(=O)CC1CNC1. The average molecular weight is 211 g/mol. The third-order valence-electron chi connectivity index (χ3n) is 3.55. The number of rotatable bonds is 4. The molecule has 4 heteroatoms. The molecule has 2 fully saturated rings. The van der Waals surface area contributed by atoms with Crippen LogP contribution in [0.2, 0.25) is 0 Å². The standard InChI is InChI=1S/C11H21N3O/c1-14-4-2-3-10(14)8-13-11(15)5-9-6-12-7-9/h9-10,12H,2-8H2,1H3,(H,13,15). The van der Waals surface area contributed by atoms with Gasteiger partial charge in [0.2, 0.25) is 5.91 Å². The fourth-order valence-electron chi connectivity index (χ4n) is 2.30. The first-order valence-electron chi connectivity index (χ1n) is 5.93. The molecule has 0 saturated carbocycles. The normalized spacial score (nSPS) is 27.7. The van der Waals surface area contributed by atoms with E-state index in [1.165, 1.54) is 19.4 Å². The monoisotopic (exact) mass is 211 g/mol. The maximum absolute atomic E-state index is 11.6. The molecule has 1 amide bonds. The summed E-state index contributed by atoms with van der Waals surface area (Å²) in [5, 5.41) is 6.23. The lowest BCUT2D eigenvalue weighted by Gasteiger charge is -2.27. The molecule has 2 rings (SSSR count). The van der Waals surface area contributed by atoms with Crippen LogP contribution >= 0.6 is 0 Å². The van der Waals surface area contributed by atoms with Crippen molar-refractivity contribution >= 4 is 5.91 Å². The van der Waals surface area contributed by atoms with Gasteiger partial charge >= 0.3 is 0 Å². The van der Waals surface area contributed by atoms with Gasteiger partial charge in [-0.25, -0.2) is 0 Å². The minimum Gasteiger partial charge on any atom is -0.355 e. The van der Waals surface area contributed by atoms with E-state index in [4.69, 9.17) is 0 Å². The van der Waals surface area contributed by atoms with E-state index in [1.807, 2.05) is 0 Å². The molecule has 0 aromatic heterocycles. The Morgan fingerprint density at radius 1 is 1.53 bits per heavy atom. The van der Waals surface area contributed by atoms with E-state index in [0.717, 1.165) is 19.6 Å². The Morgan fingerprint density at radius 3 is 2.87 bits per heavy atom. The largest absolute Gasteiger partial charge is 0.355 e. The maximum Gasteiger partial charge on any atom is 0.220 e. The Labute approximate surface area is 91.4 Å². The van der Waals surface area contributed by atoms with E-state index >= 15 is 0 Å². The first kappa shape index (κ1) is 10.9. The van der Waals surface area contributed by atoms with Crippen molar-refractivity contribution in [2.24, 2.45) is 5.92 Å². The van der Waals surface area contributed by atoms with E-state index < -0.39 is 0 Å². The molecule has 4 nitrogen and oxygen atoms in total. The molecule has 1 unspecified atom stereocenters. The van der Waals surface area contributed by atoms with Crippen molar-refractivity contribution in [1.29, 1.82) is 0 Å². The van der Waals surface area contributed by atoms with Gasteiger partial charge in [0.15, 0.2) is 0 Å². The van der Waals surface area contributed by atoms with E-state index in [0.29, 0.717) is 18.4 Å². The second kappa shape index (κ2) is 4.94. The molecule has 2 aliphatic rings. The number of hydrogen-bond donors (Lipinski definition) is 2. The summed E-state index contributed by atoms with van der Waals surface area (Å²) in [7, 11) is 2.14. The van der Waals surface area contributed by atoms with Gasteiger partial charge in [-0.1, -0.05) is 0 Å². The van der Waals surface area contributed by atoms with Gasteiger partial charge in [-0.3, -0.25) is 4.79 Å². The zero-order chi connectivity index (χ0) is 10.7. The van der Waals surface area contributed by atoms with Crippen LogP contribution in [0.15, 0.2) is 0 Å². The summed E-state index contributed by atoms with van der Waals surface area (Å²) >= 11 is 0. The zero-order valence-electron chi connectivity index (χ0n) is 9.46. The van der Waals surface area contributed by atoms with Gasteiger partial charge in [-0.2, -0.15) is 0 Å². The van der Waals surface area contributed by atoms with Crippen LogP contribution in [0, 0.1) is 5.92 Å². The highest BCUT2D eigenvalue weighted by Gasteiger charge is 2.23. The number of nitrogens with zero attached hydrogens (tertiary/aromatic N) is 1. The Hall–Kier alpha value is -0.610. The molecule has 1 atom stereocenters. The summed E-state index contributed by atoms with van der Waals surface area (Å²) < 4.78 is 0. The molecule has 15 heavy (non-hydrogen) atoms. The Balaban J connectivity index is 1.61. The number of likely N-dealkylation sites (N-methyl/N-ethyl adjacent to an activating group) is 1. The fourth-order valence-corrected chi connectivity index (χ4v) is 2.30. The highest BCUT2D eigenvalue weighted by molar-refractivity contribution is 5.76. The van der Waals surface area contributed by atoms with Crippen LogP contribution in [-0.4, -0.2) is 50.1 Å². The van der Waals surface area contributed by atoms with Crippen LogP contribution in [0.5, 0.6) is 0 Å². The molecule has 2 heterocycles. The Morgan fingerprint density at radius 2 is 2.33 bits per heavy atom. The quantitative estimate of drug-likeness (QED) is 0.677. The fraction of sp³-hybridized carbons (Fsp3) is 0.909. The van der Waals surface area contributed by atoms with Crippen LogP contribution in [0.3, 0.4) is 0 Å². The summed E-state index contributed by atoms with van der Waals surface area (Å²) in [5.74, 6) is 0.799. The lowest BCUT2D eigenvalue weighted by atomic mass is 9.99. The summed E-state index contributed by atoms with van der Waals surface area (Å²) in [6, 6.07) is 0.563. The van der Waals surface area contributed by atoms with Crippen LogP contribution in [0.25, 0.3) is 0 Å². The smallest absolute Gasteiger partial charge is 0.220 e. The zero-order valence-corrected chi connectivity index (χ0v) is 9.46. The second-order valence-corrected chi connectivity index (χ2v) is 4.81. The molecular formula is C11H21N3O. The number of carbonyl (C=O) groups excluding carboxylic acids is 1. The number of likely N-dealkylation sites (tertiary alicyclic amines) is 1. The molecule has 86 valence electrons. The van der Waals surface area contributed by atoms with Crippen molar-refractivity contribution < 1.29 is 4.79 Å². The van der Waals surface area contributed by atoms with Gasteiger partial charge in [0.25, 0.3) is 0 Å². The summed E-state index contributed by atoms with van der Waals surface area (Å²) in [5.41, 5.74) is 0. The molecule has 0 aliphatic carbocycles. The molecule has 2 aliphatic heterocycles. The molecule has 0 spiro atoms. The van der Waals surface area contributed by atoms with Crippen molar-refractivity contribution in [2.45, 2.75) is 25.3 Å². The van der Waals surface area contributed by atoms with Crippen molar-refractivity contribution in [2.75, 3.05) is 33.2 Å². The third-order valence-corrected chi connectivity index (χ3v) is 3.55. The van der Waals surface area contributed by atoms with Crippen molar-refractivity contribution in [3.8, 4) is 0 Å². The molecular weight excluding hydrogens is 190 g/mol. The number of amides is 1. The summed E-state index contributed by atoms with van der Waals surface area (Å²) in [4.78, 5) is 13.9. The lowest BCUT2D eigenvalue weighted by Crippen LogP contribution is -2.45. The van der Waals surface area contributed by atoms with Crippen LogP contribution in [0.1, 0.15) is 19.3 Å². The molecule has 0 aromatic rings. The van der Waals surface area contributed by atoms with Gasteiger partial charge in [-0.15, -0.1) is 0 Å². The van der Waals surface area contributed by atoms with Gasteiger partial charge in [0, 0.05) is 19.0 Å². The molecule has 0 radical (unpaired) electrons. The van der Waals surface area contributed by atoms with Crippen molar-refractivity contribution in [3.63, 3.8) is 0 Å². The molecule has 0 bridgehead atoms. The van der Waals surface area contributed by atoms with E-state index in [-0.39, 0.29) is 5.91 Å². The summed E-state index contributed by atoms with van der Waals surface area (Å²) in [6.07, 6.45) is 3.19. The minimum atomic E-state index is 0.224. The maximum atomic E-state index is 11.6. The van der Waals surface area contributed by atoms with Gasteiger partial charge < -0.3 is 15.5 Å². The first-order chi connectivity index (χ1) is 7.25. The highest BCUT2D eigenvalue weighted by atomic mass is 16.1. The topological polar surface area (TPSA) is 44.4 Å². The molecule has 2 saturated heterocycles. The molecule has 0 aromatic carbocycles. The summed E-state index contributed by atoms with van der Waals surface area (Å²) in [6.45, 7) is 4.02. The first-order valence-corrected chi connectivity index (χ1v) is 5.93. The van der Waals surface area contributed by atoms with Gasteiger partial charge in [-0.05, 0) is 45.4 Å². The van der Waals surface area contributed by atoms with Gasteiger partial charge in [0.1, 0.15) is 0 Å². The predicted molar refractivity (Wildman–Crippen MR) is 59.6 cm³/mol. The van der Waals surface area contributed by atoms with E-state index in [2.05, 4.69) is 22.6 Å². The van der Waals surface area contributed by atoms with E-state index in [1.54, 1.807) is 0 Å². The Bertz CT molecular complexity index is 228. The van der Waals surface area contributed by atoms with E-state index in [9.17, 15) is 4.79 Å². The number of hydrogen-bond acceptors (Lipinski definition) is 3. The van der Waals surface area contributed by atoms with Crippen LogP contribution in [-0.2, 0) is 4.79 Å². The van der Waals surface area contributed by atoms with Crippen molar-refractivity contribution in [1.82, 2.24) is 15.5 Å². The lowest BCUT2D eigenvalue weighted by molar-refractivity contribution is -0.122. The minimum absolute atomic E-state index is 0.224. The Kier molecular flexibility index (Phi) is 3.59. The third kappa shape index (κ3) is 2.92.